The van der Waals surface area contributed by atoms with E-state index in [1.54, 1.807) is 17.0 Å². The number of aryl methyl sites for hydroxylation is 1. The molecule has 0 spiro atoms. The number of para-hydroxylation sites is 1. The fourth-order valence-corrected chi connectivity index (χ4v) is 4.07. The van der Waals surface area contributed by atoms with Gasteiger partial charge in [0.25, 0.3) is 0 Å². The zero-order valence-electron chi connectivity index (χ0n) is 16.0. The summed E-state index contributed by atoms with van der Waals surface area (Å²) in [5, 5.41) is 0. The van der Waals surface area contributed by atoms with E-state index in [4.69, 9.17) is 0 Å². The van der Waals surface area contributed by atoms with Crippen molar-refractivity contribution in [1.82, 2.24) is 4.90 Å². The maximum Gasteiger partial charge on any atom is 0.228 e. The molecule has 1 unspecified atom stereocenters. The van der Waals surface area contributed by atoms with Crippen LogP contribution < -0.4 is 9.80 Å². The molecule has 2 amide bonds. The van der Waals surface area contributed by atoms with Crippen molar-refractivity contribution in [2.45, 2.75) is 13.3 Å². The number of hydrogen-bond donors (Lipinski definition) is 0. The van der Waals surface area contributed by atoms with Crippen molar-refractivity contribution in [2.24, 2.45) is 5.92 Å². The summed E-state index contributed by atoms with van der Waals surface area (Å²) < 4.78 is 13.1. The Balaban J connectivity index is 1.37. The lowest BCUT2D eigenvalue weighted by molar-refractivity contribution is -0.136. The number of piperazine rings is 1. The largest absolute Gasteiger partial charge is 0.368 e. The first-order chi connectivity index (χ1) is 13.5. The van der Waals surface area contributed by atoms with E-state index in [9.17, 15) is 14.0 Å². The Morgan fingerprint density at radius 1 is 1.00 bits per heavy atom. The predicted molar refractivity (Wildman–Crippen MR) is 107 cm³/mol. The molecule has 2 aliphatic rings. The number of carbonyl (C=O) groups is 2. The van der Waals surface area contributed by atoms with Crippen molar-refractivity contribution in [2.75, 3.05) is 42.5 Å². The fourth-order valence-electron chi connectivity index (χ4n) is 4.07. The molecule has 1 atom stereocenters. The number of hydrogen-bond acceptors (Lipinski definition) is 3. The quantitative estimate of drug-likeness (QED) is 0.821. The van der Waals surface area contributed by atoms with Gasteiger partial charge in [0.15, 0.2) is 0 Å². The second kappa shape index (κ2) is 7.62. The highest BCUT2D eigenvalue weighted by Crippen LogP contribution is 2.29. The Bertz CT molecular complexity index is 876. The molecule has 2 aromatic carbocycles. The van der Waals surface area contributed by atoms with Crippen LogP contribution in [0.1, 0.15) is 12.0 Å². The minimum atomic E-state index is -0.288. The van der Waals surface area contributed by atoms with E-state index in [2.05, 4.69) is 4.90 Å². The second-order valence-corrected chi connectivity index (χ2v) is 7.48. The molecule has 2 aliphatic heterocycles. The lowest BCUT2D eigenvalue weighted by atomic mass is 10.1. The van der Waals surface area contributed by atoms with Crippen LogP contribution in [0.25, 0.3) is 0 Å². The van der Waals surface area contributed by atoms with Crippen molar-refractivity contribution in [1.29, 1.82) is 0 Å². The predicted octanol–water partition coefficient (Wildman–Crippen LogP) is 2.84. The number of carbonyl (C=O) groups excluding carboxylic acids is 2. The second-order valence-electron chi connectivity index (χ2n) is 7.48. The van der Waals surface area contributed by atoms with Gasteiger partial charge in [0.05, 0.1) is 5.92 Å². The molecule has 0 aromatic heterocycles. The van der Waals surface area contributed by atoms with E-state index in [1.807, 2.05) is 36.1 Å². The van der Waals surface area contributed by atoms with Gasteiger partial charge < -0.3 is 14.7 Å². The van der Waals surface area contributed by atoms with Crippen LogP contribution in [-0.4, -0.2) is 49.4 Å². The SMILES string of the molecule is Cc1ccccc1N1CC(C(=O)N2CCN(c3ccc(F)cc3)CC2)CC1=O. The van der Waals surface area contributed by atoms with Gasteiger partial charge in [-0.05, 0) is 42.8 Å². The first-order valence-electron chi connectivity index (χ1n) is 9.68. The Morgan fingerprint density at radius 2 is 1.68 bits per heavy atom. The molecule has 28 heavy (non-hydrogen) atoms. The first kappa shape index (κ1) is 18.5. The van der Waals surface area contributed by atoms with Crippen molar-refractivity contribution in [3.63, 3.8) is 0 Å². The Morgan fingerprint density at radius 3 is 2.36 bits per heavy atom. The summed E-state index contributed by atoms with van der Waals surface area (Å²) in [6.07, 6.45) is 0.269. The number of nitrogens with zero attached hydrogens (tertiary/aromatic N) is 3. The van der Waals surface area contributed by atoms with Gasteiger partial charge in [-0.25, -0.2) is 4.39 Å². The standard InChI is InChI=1S/C22H24FN3O2/c1-16-4-2-3-5-20(16)26-15-17(14-21(26)27)22(28)25-12-10-24(11-13-25)19-8-6-18(23)7-9-19/h2-9,17H,10-15H2,1H3. The molecule has 5 nitrogen and oxygen atoms in total. The number of anilines is 2. The monoisotopic (exact) mass is 381 g/mol. The number of benzene rings is 2. The summed E-state index contributed by atoms with van der Waals surface area (Å²) >= 11 is 0. The summed E-state index contributed by atoms with van der Waals surface area (Å²) in [4.78, 5) is 31.2. The molecule has 6 heteroatoms. The van der Waals surface area contributed by atoms with Crippen molar-refractivity contribution >= 4 is 23.2 Å². The molecule has 2 saturated heterocycles. The molecular formula is C22H24FN3O2. The Hall–Kier alpha value is -2.89. The highest BCUT2D eigenvalue weighted by molar-refractivity contribution is 6.00. The number of halogens is 1. The maximum absolute atomic E-state index is 13.1. The Kier molecular flexibility index (Phi) is 5.03. The van der Waals surface area contributed by atoms with E-state index >= 15 is 0 Å². The fraction of sp³-hybridized carbons (Fsp3) is 0.364. The minimum Gasteiger partial charge on any atom is -0.368 e. The van der Waals surface area contributed by atoms with Gasteiger partial charge in [-0.3, -0.25) is 9.59 Å². The van der Waals surface area contributed by atoms with Crippen molar-refractivity contribution < 1.29 is 14.0 Å². The molecule has 0 bridgehead atoms. The van der Waals surface area contributed by atoms with Crippen LogP contribution in [-0.2, 0) is 9.59 Å². The smallest absolute Gasteiger partial charge is 0.228 e. The van der Waals surface area contributed by atoms with Crippen molar-refractivity contribution in [3.8, 4) is 0 Å². The third-order valence-corrected chi connectivity index (χ3v) is 5.66. The maximum atomic E-state index is 13.1. The molecule has 4 rings (SSSR count). The Labute approximate surface area is 164 Å². The highest BCUT2D eigenvalue weighted by atomic mass is 19.1. The van der Waals surface area contributed by atoms with Crippen molar-refractivity contribution in [3.05, 3.63) is 59.9 Å². The number of rotatable bonds is 3. The van der Waals surface area contributed by atoms with Crippen LogP contribution in [0.2, 0.25) is 0 Å². The van der Waals surface area contributed by atoms with E-state index in [0.717, 1.165) is 16.9 Å². The highest BCUT2D eigenvalue weighted by Gasteiger charge is 2.38. The van der Waals surface area contributed by atoms with E-state index in [0.29, 0.717) is 32.7 Å². The van der Waals surface area contributed by atoms with Gasteiger partial charge in [-0.15, -0.1) is 0 Å². The number of amides is 2. The lowest BCUT2D eigenvalue weighted by Crippen LogP contribution is -2.50. The average Bonchev–Trinajstić information content (AvgIpc) is 3.10. The van der Waals surface area contributed by atoms with Crippen LogP contribution in [0.15, 0.2) is 48.5 Å². The molecule has 0 saturated carbocycles. The summed E-state index contributed by atoms with van der Waals surface area (Å²) in [6.45, 7) is 5.07. The third kappa shape index (κ3) is 3.59. The van der Waals surface area contributed by atoms with E-state index in [1.165, 1.54) is 12.1 Å². The van der Waals surface area contributed by atoms with Crippen LogP contribution in [0, 0.1) is 18.7 Å². The average molecular weight is 381 g/mol. The van der Waals surface area contributed by atoms with Gasteiger partial charge in [-0.1, -0.05) is 18.2 Å². The normalized spacial score (nSPS) is 20.0. The lowest BCUT2D eigenvalue weighted by Gasteiger charge is -2.37. The van der Waals surface area contributed by atoms with Gasteiger partial charge in [-0.2, -0.15) is 0 Å². The van der Waals surface area contributed by atoms with Crippen LogP contribution in [0.4, 0.5) is 15.8 Å². The zero-order valence-corrected chi connectivity index (χ0v) is 16.0. The first-order valence-corrected chi connectivity index (χ1v) is 9.68. The molecule has 2 fully saturated rings. The summed E-state index contributed by atoms with van der Waals surface area (Å²) in [5.74, 6) is -0.466. The van der Waals surface area contributed by atoms with Crippen LogP contribution in [0.5, 0.6) is 0 Å². The summed E-state index contributed by atoms with van der Waals surface area (Å²) in [7, 11) is 0. The minimum absolute atomic E-state index is 0.0117. The van der Waals surface area contributed by atoms with Gasteiger partial charge in [0.1, 0.15) is 5.82 Å². The molecule has 0 radical (unpaired) electrons. The van der Waals surface area contributed by atoms with Gasteiger partial charge in [0.2, 0.25) is 11.8 Å². The third-order valence-electron chi connectivity index (χ3n) is 5.66. The summed E-state index contributed by atoms with van der Waals surface area (Å²) in [5.41, 5.74) is 2.90. The van der Waals surface area contributed by atoms with Crippen LogP contribution >= 0.6 is 0 Å². The molecular weight excluding hydrogens is 357 g/mol. The zero-order chi connectivity index (χ0) is 19.7. The molecule has 146 valence electrons. The van der Waals surface area contributed by atoms with E-state index < -0.39 is 0 Å². The van der Waals surface area contributed by atoms with E-state index in [-0.39, 0.29) is 30.0 Å². The molecule has 0 N–H and O–H groups in total. The van der Waals surface area contributed by atoms with Gasteiger partial charge >= 0.3 is 0 Å². The summed E-state index contributed by atoms with van der Waals surface area (Å²) in [6, 6.07) is 14.2. The van der Waals surface area contributed by atoms with Gasteiger partial charge in [0, 0.05) is 50.5 Å². The molecule has 0 aliphatic carbocycles. The van der Waals surface area contributed by atoms with Crippen LogP contribution in [0.3, 0.4) is 0 Å². The molecule has 2 heterocycles. The topological polar surface area (TPSA) is 43.9 Å². The molecule has 2 aromatic rings.